The second kappa shape index (κ2) is 12.0. The molecule has 0 amide bonds. The molecule has 22 heteroatoms. The lowest BCUT2D eigenvalue weighted by Crippen LogP contribution is -2.17. The van der Waals surface area contributed by atoms with Crippen LogP contribution < -0.4 is 21.7 Å². The van der Waals surface area contributed by atoms with E-state index in [1.54, 1.807) is 0 Å². The van der Waals surface area contributed by atoms with Gasteiger partial charge in [0.05, 0.1) is 66.7 Å². The second-order valence-corrected chi connectivity index (χ2v) is 14.8. The molecule has 256 valence electrons. The summed E-state index contributed by atoms with van der Waals surface area (Å²) in [5.74, 6) is 0. The van der Waals surface area contributed by atoms with Gasteiger partial charge in [-0.25, -0.2) is 10.5 Å². The Balaban J connectivity index is 1.73. The van der Waals surface area contributed by atoms with E-state index in [1.807, 2.05) is 0 Å². The molecule has 0 unspecified atom stereocenters. The van der Waals surface area contributed by atoms with E-state index in [4.69, 9.17) is 10.5 Å². The minimum absolute atomic E-state index is 0.106. The summed E-state index contributed by atoms with van der Waals surface area (Å²) >= 11 is 0.792. The van der Waals surface area contributed by atoms with Crippen LogP contribution in [0, 0.1) is 0 Å². The number of hydrogen-bond donors (Lipinski definition) is 6. The van der Waals surface area contributed by atoms with Crippen molar-refractivity contribution in [2.75, 3.05) is 0 Å². The summed E-state index contributed by atoms with van der Waals surface area (Å²) in [4.78, 5) is 59.4. The van der Waals surface area contributed by atoms with Gasteiger partial charge in [0.25, 0.3) is 20.2 Å². The van der Waals surface area contributed by atoms with Crippen LogP contribution in [0.4, 0.5) is 0 Å². The molecule has 0 aliphatic carbocycles. The molecule has 50 heavy (non-hydrogen) atoms. The first-order valence-electron chi connectivity index (χ1n) is 13.3. The van der Waals surface area contributed by atoms with Crippen LogP contribution in [0.25, 0.3) is 65.2 Å². The van der Waals surface area contributed by atoms with Crippen LogP contribution in [0.1, 0.15) is 0 Å². The minimum Gasteiger partial charge on any atom is -0.350 e. The molecule has 0 radical (unpaired) electrons. The number of H-pyrrole nitrogens is 2. The van der Waals surface area contributed by atoms with E-state index in [0.29, 0.717) is 24.1 Å². The maximum atomic E-state index is 14.0. The molecule has 0 saturated heterocycles. The summed E-state index contributed by atoms with van der Waals surface area (Å²) in [5.41, 5.74) is -4.86. The van der Waals surface area contributed by atoms with Crippen molar-refractivity contribution < 1.29 is 55.2 Å². The Bertz CT molecular complexity index is 3110. The van der Waals surface area contributed by atoms with Crippen molar-refractivity contribution in [2.45, 2.75) is 19.6 Å². The number of hydrogen-bond acceptors (Lipinski definition) is 16. The third-order valence-electron chi connectivity index (χ3n) is 7.88. The third-order valence-corrected chi connectivity index (χ3v) is 10.8. The second-order valence-electron chi connectivity index (χ2n) is 10.5. The SMILES string of the molecule is O=c1c2ccc(S(=O)(=O)O)cc2c(=O)c2c1cc(SOOO)c1[nH]c3c([nH]c12)c(S(=O)(=O)O)cc1c(=O)c2ccc(SOOO)cc2c(=O)c13. The standard InChI is InChI=1S/C28H14N2O16S4/c31-25-12-4-2-10(49(37,38)39)6-14(12)28(34)19-15(25)7-17(48-46-44-36)21-23(19)30-22-18(50(40,41)42)8-16-20(24(22)29-21)27(33)13-5-9(47-45-43-35)1-3-11(13)26(16)32/h1-8,29-30,35-36H,(H,37,38,39)(H,40,41,42). The van der Waals surface area contributed by atoms with Crippen LogP contribution in [0.3, 0.4) is 0 Å². The molecule has 1 aromatic heterocycles. The fourth-order valence-corrected chi connectivity index (χ4v) is 7.95. The Kier molecular flexibility index (Phi) is 8.17. The van der Waals surface area contributed by atoms with Gasteiger partial charge in [0, 0.05) is 37.2 Å². The maximum Gasteiger partial charge on any atom is 0.296 e. The molecule has 0 bridgehead atoms. The summed E-state index contributed by atoms with van der Waals surface area (Å²) < 4.78 is 78.0. The smallest absolute Gasteiger partial charge is 0.296 e. The van der Waals surface area contributed by atoms with Gasteiger partial charge in [-0.2, -0.15) is 16.8 Å². The van der Waals surface area contributed by atoms with Gasteiger partial charge in [0.15, 0.2) is 21.7 Å². The highest BCUT2D eigenvalue weighted by Crippen LogP contribution is 2.36. The molecule has 1 heterocycles. The van der Waals surface area contributed by atoms with Gasteiger partial charge in [-0.05, 0) is 48.5 Å². The van der Waals surface area contributed by atoms with Crippen molar-refractivity contribution in [2.24, 2.45) is 0 Å². The summed E-state index contributed by atoms with van der Waals surface area (Å²) in [6, 6.07) is 8.42. The third kappa shape index (κ3) is 5.31. The lowest BCUT2D eigenvalue weighted by atomic mass is 9.99. The first-order valence-corrected chi connectivity index (χ1v) is 17.7. The normalized spacial score (nSPS) is 12.7. The molecule has 7 rings (SSSR count). The van der Waals surface area contributed by atoms with Crippen molar-refractivity contribution >= 4 is 109 Å². The van der Waals surface area contributed by atoms with Crippen LogP contribution in [-0.2, 0) is 39.0 Å². The van der Waals surface area contributed by atoms with E-state index < -0.39 is 73.4 Å². The van der Waals surface area contributed by atoms with Crippen molar-refractivity contribution in [1.82, 2.24) is 9.97 Å². The molecular formula is C28H14N2O16S4. The zero-order valence-electron chi connectivity index (χ0n) is 23.9. The van der Waals surface area contributed by atoms with E-state index >= 15 is 0 Å². The first kappa shape index (κ1) is 33.9. The lowest BCUT2D eigenvalue weighted by molar-refractivity contribution is -0.432. The Hall–Kier alpha value is -4.56. The molecule has 18 nitrogen and oxygen atoms in total. The van der Waals surface area contributed by atoms with E-state index in [-0.39, 0.29) is 53.3 Å². The molecule has 6 N–H and O–H groups in total. The van der Waals surface area contributed by atoms with Gasteiger partial charge in [0.1, 0.15) is 4.90 Å². The summed E-state index contributed by atoms with van der Waals surface area (Å²) in [6.45, 7) is 0. The fraction of sp³-hybridized carbons (Fsp3) is 0. The lowest BCUT2D eigenvalue weighted by Gasteiger charge is -2.15. The highest BCUT2D eigenvalue weighted by molar-refractivity contribution is 7.95. The predicted molar refractivity (Wildman–Crippen MR) is 177 cm³/mol. The Morgan fingerprint density at radius 2 is 1.08 bits per heavy atom. The Labute approximate surface area is 282 Å². The molecule has 7 aromatic rings. The van der Waals surface area contributed by atoms with Gasteiger partial charge < -0.3 is 9.97 Å². The van der Waals surface area contributed by atoms with E-state index in [2.05, 4.69) is 28.7 Å². The molecule has 0 spiro atoms. The van der Waals surface area contributed by atoms with Gasteiger partial charge in [-0.1, -0.05) is 10.1 Å². The number of fused-ring (bicyclic) bond motifs is 8. The summed E-state index contributed by atoms with van der Waals surface area (Å²) in [5, 5.41) is 22.1. The van der Waals surface area contributed by atoms with Crippen molar-refractivity contribution in [3.05, 3.63) is 89.4 Å². The Morgan fingerprint density at radius 1 is 0.540 bits per heavy atom. The van der Waals surface area contributed by atoms with Gasteiger partial charge in [-0.3, -0.25) is 28.3 Å². The number of aromatic nitrogens is 2. The molecule has 0 fully saturated rings. The van der Waals surface area contributed by atoms with Crippen molar-refractivity contribution in [1.29, 1.82) is 0 Å². The monoisotopic (exact) mass is 762 g/mol. The van der Waals surface area contributed by atoms with Crippen LogP contribution in [0.5, 0.6) is 0 Å². The van der Waals surface area contributed by atoms with E-state index in [9.17, 15) is 45.1 Å². The molecule has 0 aliphatic heterocycles. The maximum absolute atomic E-state index is 14.0. The molecular weight excluding hydrogens is 749 g/mol. The predicted octanol–water partition coefficient (Wildman–Crippen LogP) is 3.49. The average molecular weight is 763 g/mol. The number of rotatable bonds is 8. The average Bonchev–Trinajstić information content (AvgIpc) is 3.08. The van der Waals surface area contributed by atoms with Crippen LogP contribution >= 0.6 is 24.1 Å². The highest BCUT2D eigenvalue weighted by Gasteiger charge is 2.26. The topological polar surface area (TPSA) is 286 Å². The van der Waals surface area contributed by atoms with Gasteiger partial charge in [0.2, 0.25) is 0 Å². The Morgan fingerprint density at radius 3 is 1.68 bits per heavy atom. The van der Waals surface area contributed by atoms with Crippen LogP contribution in [0.15, 0.2) is 87.3 Å². The van der Waals surface area contributed by atoms with Crippen molar-refractivity contribution in [3.8, 4) is 0 Å². The summed E-state index contributed by atoms with van der Waals surface area (Å²) in [6.07, 6.45) is 0. The molecule has 0 atom stereocenters. The van der Waals surface area contributed by atoms with Crippen LogP contribution in [-0.4, -0.2) is 46.4 Å². The zero-order valence-corrected chi connectivity index (χ0v) is 27.2. The molecule has 6 aromatic carbocycles. The summed E-state index contributed by atoms with van der Waals surface area (Å²) in [7, 11) is -10.0. The first-order chi connectivity index (χ1) is 23.6. The zero-order chi connectivity index (χ0) is 35.9. The fourth-order valence-electron chi connectivity index (χ4n) is 5.86. The minimum atomic E-state index is -5.21. The van der Waals surface area contributed by atoms with E-state index in [0.717, 1.165) is 30.3 Å². The number of nitrogens with one attached hydrogen (secondary N) is 2. The largest absolute Gasteiger partial charge is 0.350 e. The van der Waals surface area contributed by atoms with Gasteiger partial charge >= 0.3 is 0 Å². The van der Waals surface area contributed by atoms with E-state index in [1.165, 1.54) is 18.2 Å². The number of aromatic amines is 2. The highest BCUT2D eigenvalue weighted by atomic mass is 32.2. The molecule has 0 aliphatic rings. The van der Waals surface area contributed by atoms with Crippen LogP contribution in [0.2, 0.25) is 0 Å². The number of benzene rings is 6. The quantitative estimate of drug-likeness (QED) is 0.0322. The van der Waals surface area contributed by atoms with Crippen molar-refractivity contribution in [3.63, 3.8) is 0 Å². The van der Waals surface area contributed by atoms with Gasteiger partial charge in [-0.15, -0.1) is 8.67 Å². The molecule has 0 saturated carbocycles.